The zero-order valence-corrected chi connectivity index (χ0v) is 16.2. The Labute approximate surface area is 157 Å². The highest BCUT2D eigenvalue weighted by Gasteiger charge is 2.41. The number of halogens is 2. The molecule has 0 saturated carbocycles. The Morgan fingerprint density at radius 1 is 1.12 bits per heavy atom. The molecule has 1 aliphatic rings. The second kappa shape index (κ2) is 7.68. The van der Waals surface area contributed by atoms with E-state index in [0.29, 0.717) is 12.0 Å². The van der Waals surface area contributed by atoms with Crippen molar-refractivity contribution in [3.8, 4) is 0 Å². The van der Waals surface area contributed by atoms with Gasteiger partial charge >= 0.3 is 5.97 Å². The number of ether oxygens (including phenoxy) is 1. The zero-order chi connectivity index (χ0) is 16.4. The highest BCUT2D eigenvalue weighted by Crippen LogP contribution is 2.39. The lowest BCUT2D eigenvalue weighted by molar-refractivity contribution is -0.0355. The monoisotopic (exact) mass is 409 g/mol. The molecule has 0 aromatic heterocycles. The Morgan fingerprint density at radius 3 is 2.46 bits per heavy atom. The first-order valence-corrected chi connectivity index (χ1v) is 8.51. The Bertz CT molecular complexity index is 718. The number of esters is 1. The van der Waals surface area contributed by atoms with E-state index in [1.807, 2.05) is 62.6 Å². The average Bonchev–Trinajstić information content (AvgIpc) is 2.53. The highest BCUT2D eigenvalue weighted by atomic mass is 79.9. The summed E-state index contributed by atoms with van der Waals surface area (Å²) in [6.07, 6.45) is 1.48. The van der Waals surface area contributed by atoms with E-state index in [2.05, 4.69) is 20.8 Å². The molecule has 0 aliphatic carbocycles. The number of hydrogen-bond donors (Lipinski definition) is 0. The fraction of sp³-hybridized carbons (Fsp3) is 0.316. The topological polar surface area (TPSA) is 29.5 Å². The van der Waals surface area contributed by atoms with E-state index in [1.54, 1.807) is 0 Å². The maximum absolute atomic E-state index is 12.5. The largest absolute Gasteiger partial charge is 0.450 e. The minimum absolute atomic E-state index is 0. The molecule has 1 atom stereocenters. The predicted octanol–water partition coefficient (Wildman–Crippen LogP) is 4.43. The van der Waals surface area contributed by atoms with Gasteiger partial charge in [0, 0.05) is 23.9 Å². The molecule has 3 rings (SSSR count). The molecular formula is C19H21BrClNO2. The Kier molecular flexibility index (Phi) is 6.07. The highest BCUT2D eigenvalue weighted by molar-refractivity contribution is 9.10. The van der Waals surface area contributed by atoms with Gasteiger partial charge in [-0.2, -0.15) is 0 Å². The van der Waals surface area contributed by atoms with Crippen LogP contribution in [0.2, 0.25) is 0 Å². The molecule has 5 heteroatoms. The summed E-state index contributed by atoms with van der Waals surface area (Å²) in [6.45, 7) is 0.853. The first-order valence-electron chi connectivity index (χ1n) is 7.72. The van der Waals surface area contributed by atoms with Crippen LogP contribution in [0.3, 0.4) is 0 Å². The van der Waals surface area contributed by atoms with Crippen LogP contribution in [-0.4, -0.2) is 31.5 Å². The summed E-state index contributed by atoms with van der Waals surface area (Å²) in [5.74, 6) is -0.228. The molecule has 0 bridgehead atoms. The molecule has 0 amide bonds. The Balaban J connectivity index is 0.00000208. The smallest absolute Gasteiger partial charge is 0.339 e. The van der Waals surface area contributed by atoms with Gasteiger partial charge in [-0.15, -0.1) is 12.4 Å². The van der Waals surface area contributed by atoms with Crippen molar-refractivity contribution in [3.63, 3.8) is 0 Å². The molecule has 1 heterocycles. The summed E-state index contributed by atoms with van der Waals surface area (Å²) in [6, 6.07) is 15.8. The summed E-state index contributed by atoms with van der Waals surface area (Å²) in [4.78, 5) is 14.7. The number of carbonyl (C=O) groups is 1. The number of cyclic esters (lactones) is 1. The molecule has 0 spiro atoms. The number of benzene rings is 2. The van der Waals surface area contributed by atoms with Gasteiger partial charge in [-0.25, -0.2) is 4.79 Å². The second-order valence-corrected chi connectivity index (χ2v) is 7.19. The molecule has 3 nitrogen and oxygen atoms in total. The summed E-state index contributed by atoms with van der Waals surface area (Å²) in [7, 11) is 4.07. The molecule has 2 aromatic carbocycles. The molecule has 0 saturated heterocycles. The van der Waals surface area contributed by atoms with Gasteiger partial charge in [0.1, 0.15) is 5.60 Å². The van der Waals surface area contributed by atoms with Crippen LogP contribution in [0.15, 0.2) is 53.0 Å². The molecule has 0 radical (unpaired) electrons. The van der Waals surface area contributed by atoms with Crippen LogP contribution in [0, 0.1) is 0 Å². The fourth-order valence-corrected chi connectivity index (χ4v) is 3.32. The van der Waals surface area contributed by atoms with Crippen LogP contribution < -0.4 is 0 Å². The number of hydrogen-bond acceptors (Lipinski definition) is 3. The van der Waals surface area contributed by atoms with Crippen molar-refractivity contribution in [1.82, 2.24) is 4.90 Å². The second-order valence-electron chi connectivity index (χ2n) is 6.28. The predicted molar refractivity (Wildman–Crippen MR) is 102 cm³/mol. The van der Waals surface area contributed by atoms with Crippen LogP contribution in [0.25, 0.3) is 0 Å². The summed E-state index contributed by atoms with van der Waals surface area (Å²) >= 11 is 3.47. The van der Waals surface area contributed by atoms with Crippen LogP contribution >= 0.6 is 28.3 Å². The third kappa shape index (κ3) is 3.82. The molecule has 24 heavy (non-hydrogen) atoms. The van der Waals surface area contributed by atoms with E-state index in [1.165, 1.54) is 0 Å². The van der Waals surface area contributed by atoms with Gasteiger partial charge < -0.3 is 9.64 Å². The van der Waals surface area contributed by atoms with Crippen LogP contribution in [0.5, 0.6) is 0 Å². The van der Waals surface area contributed by atoms with E-state index < -0.39 is 5.60 Å². The Morgan fingerprint density at radius 2 is 1.79 bits per heavy atom. The maximum atomic E-state index is 12.5. The van der Waals surface area contributed by atoms with E-state index >= 15 is 0 Å². The van der Waals surface area contributed by atoms with Crippen molar-refractivity contribution in [2.75, 3.05) is 20.6 Å². The number of rotatable bonds is 4. The summed E-state index contributed by atoms with van der Waals surface area (Å²) < 4.78 is 7.02. The van der Waals surface area contributed by atoms with E-state index in [-0.39, 0.29) is 18.4 Å². The van der Waals surface area contributed by atoms with Crippen molar-refractivity contribution < 1.29 is 9.53 Å². The summed E-state index contributed by atoms with van der Waals surface area (Å²) in [5, 5.41) is 0. The van der Waals surface area contributed by atoms with Gasteiger partial charge in [0.25, 0.3) is 0 Å². The third-order valence-corrected chi connectivity index (χ3v) is 4.86. The zero-order valence-electron chi connectivity index (χ0n) is 13.8. The van der Waals surface area contributed by atoms with Gasteiger partial charge in [0.2, 0.25) is 0 Å². The molecular weight excluding hydrogens is 390 g/mol. The first kappa shape index (κ1) is 19.0. The maximum Gasteiger partial charge on any atom is 0.339 e. The summed E-state index contributed by atoms with van der Waals surface area (Å²) in [5.41, 5.74) is 2.19. The molecule has 0 fully saturated rings. The van der Waals surface area contributed by atoms with Crippen LogP contribution in [-0.2, 0) is 16.8 Å². The number of fused-ring (bicyclic) bond motifs is 1. The fourth-order valence-electron chi connectivity index (χ4n) is 3.05. The molecule has 1 aliphatic heterocycles. The molecule has 1 unspecified atom stereocenters. The number of nitrogens with zero attached hydrogens (tertiary/aromatic N) is 1. The van der Waals surface area contributed by atoms with Gasteiger partial charge in [-0.1, -0.05) is 46.3 Å². The van der Waals surface area contributed by atoms with Crippen molar-refractivity contribution in [2.45, 2.75) is 18.4 Å². The lowest BCUT2D eigenvalue weighted by atomic mass is 9.81. The van der Waals surface area contributed by atoms with Crippen molar-refractivity contribution >= 4 is 34.3 Å². The van der Waals surface area contributed by atoms with Crippen molar-refractivity contribution in [3.05, 3.63) is 69.7 Å². The minimum Gasteiger partial charge on any atom is -0.450 e. The van der Waals surface area contributed by atoms with Crippen LogP contribution in [0.1, 0.15) is 27.9 Å². The lowest BCUT2D eigenvalue weighted by Crippen LogP contribution is -2.41. The SMILES string of the molecule is CN(C)CCC1(c2ccc(Br)cc2)Cc2ccccc2C(=O)O1.Cl. The van der Waals surface area contributed by atoms with Gasteiger partial charge in [-0.05, 0) is 43.4 Å². The van der Waals surface area contributed by atoms with Crippen molar-refractivity contribution in [1.29, 1.82) is 0 Å². The molecule has 0 N–H and O–H groups in total. The van der Waals surface area contributed by atoms with Crippen LogP contribution in [0.4, 0.5) is 0 Å². The van der Waals surface area contributed by atoms with E-state index in [9.17, 15) is 4.79 Å². The van der Waals surface area contributed by atoms with Gasteiger partial charge in [-0.3, -0.25) is 0 Å². The van der Waals surface area contributed by atoms with Gasteiger partial charge in [0.05, 0.1) is 5.56 Å². The normalized spacial score (nSPS) is 19.4. The van der Waals surface area contributed by atoms with E-state index in [4.69, 9.17) is 4.74 Å². The first-order chi connectivity index (χ1) is 11.0. The Hall–Kier alpha value is -1.36. The molecule has 128 valence electrons. The lowest BCUT2D eigenvalue weighted by Gasteiger charge is -2.38. The van der Waals surface area contributed by atoms with Crippen molar-refractivity contribution in [2.24, 2.45) is 0 Å². The quantitative estimate of drug-likeness (QED) is 0.698. The molecule has 2 aromatic rings. The standard InChI is InChI=1S/C19H20BrNO2.ClH/c1-21(2)12-11-19(15-7-9-16(20)10-8-15)13-14-5-3-4-6-17(14)18(22)23-19;/h3-10H,11-13H2,1-2H3;1H. The number of carbonyl (C=O) groups excluding carboxylic acids is 1. The third-order valence-electron chi connectivity index (χ3n) is 4.33. The minimum atomic E-state index is -0.601. The average molecular weight is 411 g/mol. The van der Waals surface area contributed by atoms with E-state index in [0.717, 1.165) is 28.6 Å². The van der Waals surface area contributed by atoms with Gasteiger partial charge in [0.15, 0.2) is 0 Å².